The molecule has 0 saturated carbocycles. The van der Waals surface area contributed by atoms with Gasteiger partial charge in [-0.25, -0.2) is 0 Å². The van der Waals surface area contributed by atoms with Gasteiger partial charge in [0.15, 0.2) is 0 Å². The van der Waals surface area contributed by atoms with Crippen LogP contribution in [0.2, 0.25) is 0 Å². The quantitative estimate of drug-likeness (QED) is 0.893. The fourth-order valence-electron chi connectivity index (χ4n) is 3.77. The van der Waals surface area contributed by atoms with Crippen LogP contribution in [-0.2, 0) is 4.74 Å². The van der Waals surface area contributed by atoms with E-state index in [0.717, 1.165) is 45.3 Å². The molecule has 2 fully saturated rings. The summed E-state index contributed by atoms with van der Waals surface area (Å²) in [6.45, 7) is 4.25. The molecule has 2 aliphatic rings. The van der Waals surface area contributed by atoms with Crippen molar-refractivity contribution in [3.05, 3.63) is 35.4 Å². The second-order valence-corrected chi connectivity index (χ2v) is 6.98. The molecule has 0 aromatic heterocycles. The standard InChI is InChI=1S/C20H28N2O3/c1-2-17-9-3-4-11-22(17)20(24)16-8-5-7-15(13-16)19(23)21-14-18-10-6-12-25-18/h5,7-8,13,17-18H,2-4,6,9-12,14H2,1H3,(H,21,23). The molecular weight excluding hydrogens is 316 g/mol. The minimum atomic E-state index is -0.143. The van der Waals surface area contributed by atoms with Gasteiger partial charge in [0, 0.05) is 36.9 Å². The maximum atomic E-state index is 12.9. The molecule has 5 nitrogen and oxygen atoms in total. The molecule has 2 amide bonds. The Labute approximate surface area is 149 Å². The van der Waals surface area contributed by atoms with E-state index in [1.54, 1.807) is 24.3 Å². The average molecular weight is 344 g/mol. The summed E-state index contributed by atoms with van der Waals surface area (Å²) in [4.78, 5) is 27.2. The maximum Gasteiger partial charge on any atom is 0.254 e. The number of carbonyl (C=O) groups excluding carboxylic acids is 2. The predicted molar refractivity (Wildman–Crippen MR) is 96.7 cm³/mol. The lowest BCUT2D eigenvalue weighted by molar-refractivity contribution is 0.0608. The highest BCUT2D eigenvalue weighted by Crippen LogP contribution is 2.22. The summed E-state index contributed by atoms with van der Waals surface area (Å²) in [7, 11) is 0. The van der Waals surface area contributed by atoms with E-state index in [2.05, 4.69) is 12.2 Å². The summed E-state index contributed by atoms with van der Waals surface area (Å²) < 4.78 is 5.53. The summed E-state index contributed by atoms with van der Waals surface area (Å²) >= 11 is 0. The number of piperidine rings is 1. The van der Waals surface area contributed by atoms with Crippen LogP contribution in [0.3, 0.4) is 0 Å². The Morgan fingerprint density at radius 1 is 1.20 bits per heavy atom. The van der Waals surface area contributed by atoms with Crippen LogP contribution in [0, 0.1) is 0 Å². The lowest BCUT2D eigenvalue weighted by atomic mass is 9.98. The topological polar surface area (TPSA) is 58.6 Å². The second kappa shape index (κ2) is 8.48. The summed E-state index contributed by atoms with van der Waals surface area (Å²) in [6, 6.07) is 7.39. The Hall–Kier alpha value is -1.88. The van der Waals surface area contributed by atoms with E-state index in [4.69, 9.17) is 4.74 Å². The van der Waals surface area contributed by atoms with Gasteiger partial charge in [-0.2, -0.15) is 0 Å². The zero-order valence-corrected chi connectivity index (χ0v) is 15.0. The highest BCUT2D eigenvalue weighted by atomic mass is 16.5. The van der Waals surface area contributed by atoms with Crippen LogP contribution in [0.4, 0.5) is 0 Å². The third kappa shape index (κ3) is 4.40. The van der Waals surface area contributed by atoms with Gasteiger partial charge in [-0.3, -0.25) is 9.59 Å². The minimum absolute atomic E-state index is 0.0420. The van der Waals surface area contributed by atoms with Crippen molar-refractivity contribution in [1.82, 2.24) is 10.2 Å². The summed E-state index contributed by atoms with van der Waals surface area (Å²) in [6.07, 6.45) is 6.47. The van der Waals surface area contributed by atoms with Crippen LogP contribution >= 0.6 is 0 Å². The van der Waals surface area contributed by atoms with Crippen molar-refractivity contribution < 1.29 is 14.3 Å². The van der Waals surface area contributed by atoms with Crippen molar-refractivity contribution in [3.8, 4) is 0 Å². The van der Waals surface area contributed by atoms with E-state index in [0.29, 0.717) is 23.7 Å². The number of likely N-dealkylation sites (tertiary alicyclic amines) is 1. The molecule has 2 unspecified atom stereocenters. The van der Waals surface area contributed by atoms with E-state index in [9.17, 15) is 9.59 Å². The first kappa shape index (κ1) is 17.9. The first-order chi connectivity index (χ1) is 12.2. The SMILES string of the molecule is CCC1CCCCN1C(=O)c1cccc(C(=O)NCC2CCCO2)c1. The predicted octanol–water partition coefficient (Wildman–Crippen LogP) is 3.00. The van der Waals surface area contributed by atoms with E-state index < -0.39 is 0 Å². The number of benzene rings is 1. The third-order valence-corrected chi connectivity index (χ3v) is 5.25. The van der Waals surface area contributed by atoms with Crippen molar-refractivity contribution in [1.29, 1.82) is 0 Å². The molecule has 2 aliphatic heterocycles. The van der Waals surface area contributed by atoms with E-state index in [-0.39, 0.29) is 17.9 Å². The van der Waals surface area contributed by atoms with Crippen molar-refractivity contribution in [2.75, 3.05) is 19.7 Å². The number of ether oxygens (including phenoxy) is 1. The molecule has 0 bridgehead atoms. The Morgan fingerprint density at radius 3 is 2.80 bits per heavy atom. The number of hydrogen-bond acceptors (Lipinski definition) is 3. The van der Waals surface area contributed by atoms with Crippen LogP contribution in [0.5, 0.6) is 0 Å². The normalized spacial score (nSPS) is 23.5. The number of rotatable bonds is 5. The fraction of sp³-hybridized carbons (Fsp3) is 0.600. The third-order valence-electron chi connectivity index (χ3n) is 5.25. The molecule has 25 heavy (non-hydrogen) atoms. The molecular formula is C20H28N2O3. The highest BCUT2D eigenvalue weighted by Gasteiger charge is 2.26. The van der Waals surface area contributed by atoms with Gasteiger partial charge in [-0.1, -0.05) is 13.0 Å². The summed E-state index contributed by atoms with van der Waals surface area (Å²) in [5.41, 5.74) is 1.14. The van der Waals surface area contributed by atoms with Gasteiger partial charge in [-0.15, -0.1) is 0 Å². The first-order valence-corrected chi connectivity index (χ1v) is 9.50. The number of amides is 2. The molecule has 1 aromatic rings. The number of nitrogens with one attached hydrogen (secondary N) is 1. The first-order valence-electron chi connectivity index (χ1n) is 9.50. The van der Waals surface area contributed by atoms with Crippen LogP contribution in [0.1, 0.15) is 66.2 Å². The van der Waals surface area contributed by atoms with Gasteiger partial charge >= 0.3 is 0 Å². The molecule has 0 spiro atoms. The number of hydrogen-bond donors (Lipinski definition) is 1. The average Bonchev–Trinajstić information content (AvgIpc) is 3.19. The zero-order chi connectivity index (χ0) is 17.6. The Kier molecular flexibility index (Phi) is 6.08. The monoisotopic (exact) mass is 344 g/mol. The summed E-state index contributed by atoms with van der Waals surface area (Å²) in [5.74, 6) is -0.101. The fourth-order valence-corrected chi connectivity index (χ4v) is 3.77. The van der Waals surface area contributed by atoms with Crippen molar-refractivity contribution in [2.24, 2.45) is 0 Å². The number of nitrogens with zero attached hydrogens (tertiary/aromatic N) is 1. The lowest BCUT2D eigenvalue weighted by Crippen LogP contribution is -2.43. The number of carbonyl (C=O) groups is 2. The van der Waals surface area contributed by atoms with Crippen LogP contribution in [0.25, 0.3) is 0 Å². The van der Waals surface area contributed by atoms with Gasteiger partial charge in [0.1, 0.15) is 0 Å². The molecule has 2 atom stereocenters. The van der Waals surface area contributed by atoms with Gasteiger partial charge in [0.25, 0.3) is 11.8 Å². The van der Waals surface area contributed by atoms with Gasteiger partial charge in [-0.05, 0) is 56.7 Å². The molecule has 0 aliphatic carbocycles. The van der Waals surface area contributed by atoms with E-state index >= 15 is 0 Å². The Bertz CT molecular complexity index is 611. The highest BCUT2D eigenvalue weighted by molar-refractivity contribution is 5.99. The van der Waals surface area contributed by atoms with E-state index in [1.807, 2.05) is 4.90 Å². The molecule has 5 heteroatoms. The lowest BCUT2D eigenvalue weighted by Gasteiger charge is -2.35. The van der Waals surface area contributed by atoms with Crippen molar-refractivity contribution >= 4 is 11.8 Å². The van der Waals surface area contributed by atoms with Crippen LogP contribution in [-0.4, -0.2) is 48.6 Å². The summed E-state index contributed by atoms with van der Waals surface area (Å²) in [5, 5.41) is 2.92. The van der Waals surface area contributed by atoms with Crippen LogP contribution in [0.15, 0.2) is 24.3 Å². The van der Waals surface area contributed by atoms with Crippen molar-refractivity contribution in [3.63, 3.8) is 0 Å². The van der Waals surface area contributed by atoms with Gasteiger partial charge < -0.3 is 15.0 Å². The molecule has 1 N–H and O–H groups in total. The van der Waals surface area contributed by atoms with E-state index in [1.165, 1.54) is 6.42 Å². The zero-order valence-electron chi connectivity index (χ0n) is 15.0. The molecule has 2 saturated heterocycles. The molecule has 2 heterocycles. The molecule has 1 aromatic carbocycles. The molecule has 3 rings (SSSR count). The smallest absolute Gasteiger partial charge is 0.254 e. The molecule has 136 valence electrons. The Morgan fingerprint density at radius 2 is 2.04 bits per heavy atom. The maximum absolute atomic E-state index is 12.9. The van der Waals surface area contributed by atoms with Crippen molar-refractivity contribution in [2.45, 2.75) is 57.6 Å². The molecule has 0 radical (unpaired) electrons. The largest absolute Gasteiger partial charge is 0.376 e. The minimum Gasteiger partial charge on any atom is -0.376 e. The second-order valence-electron chi connectivity index (χ2n) is 6.98. The van der Waals surface area contributed by atoms with Gasteiger partial charge in [0.05, 0.1) is 6.10 Å². The van der Waals surface area contributed by atoms with Crippen LogP contribution < -0.4 is 5.32 Å². The Balaban J connectivity index is 1.65. The van der Waals surface area contributed by atoms with Gasteiger partial charge in [0.2, 0.25) is 0 Å².